The predicted molar refractivity (Wildman–Crippen MR) is 99.0 cm³/mol. The van der Waals surface area contributed by atoms with Crippen molar-refractivity contribution < 1.29 is 14.3 Å². The van der Waals surface area contributed by atoms with Crippen molar-refractivity contribution in [2.45, 2.75) is 38.5 Å². The van der Waals surface area contributed by atoms with Crippen LogP contribution in [0.1, 0.15) is 49.0 Å². The molecule has 3 aliphatic rings. The minimum absolute atomic E-state index is 0.0231. The highest BCUT2D eigenvalue weighted by atomic mass is 16.5. The van der Waals surface area contributed by atoms with Gasteiger partial charge in [0, 0.05) is 57.7 Å². The van der Waals surface area contributed by atoms with E-state index in [-0.39, 0.29) is 17.2 Å². The third-order valence-corrected chi connectivity index (χ3v) is 6.60. The molecule has 3 fully saturated rings. The zero-order valence-electron chi connectivity index (χ0n) is 15.8. The highest BCUT2D eigenvalue weighted by Gasteiger charge is 2.40. The SMILES string of the molecule is O=C(c1cnccn1)N1CCC2(CC1)CCN(C(=O)C1CCOCC1)CC2. The minimum Gasteiger partial charge on any atom is -0.381 e. The second kappa shape index (κ2) is 7.92. The van der Waals surface area contributed by atoms with Gasteiger partial charge in [0.25, 0.3) is 5.91 Å². The predicted octanol–water partition coefficient (Wildman–Crippen LogP) is 1.75. The van der Waals surface area contributed by atoms with Crippen molar-refractivity contribution in [3.05, 3.63) is 24.3 Å². The van der Waals surface area contributed by atoms with E-state index in [1.165, 1.54) is 6.20 Å². The largest absolute Gasteiger partial charge is 0.381 e. The van der Waals surface area contributed by atoms with Gasteiger partial charge >= 0.3 is 0 Å². The smallest absolute Gasteiger partial charge is 0.274 e. The van der Waals surface area contributed by atoms with Crippen LogP contribution in [0.4, 0.5) is 0 Å². The Morgan fingerprint density at radius 1 is 0.963 bits per heavy atom. The third-order valence-electron chi connectivity index (χ3n) is 6.60. The van der Waals surface area contributed by atoms with Crippen molar-refractivity contribution >= 4 is 11.8 Å². The van der Waals surface area contributed by atoms with E-state index in [4.69, 9.17) is 4.74 Å². The number of piperidine rings is 2. The van der Waals surface area contributed by atoms with Gasteiger partial charge in [-0.15, -0.1) is 0 Å². The zero-order valence-corrected chi connectivity index (χ0v) is 15.8. The number of likely N-dealkylation sites (tertiary alicyclic amines) is 2. The number of hydrogen-bond acceptors (Lipinski definition) is 5. The summed E-state index contributed by atoms with van der Waals surface area (Å²) in [5.74, 6) is 0.452. The van der Waals surface area contributed by atoms with Crippen molar-refractivity contribution in [1.29, 1.82) is 0 Å². The molecule has 0 aromatic carbocycles. The zero-order chi connectivity index (χ0) is 18.7. The summed E-state index contributed by atoms with van der Waals surface area (Å²) in [4.78, 5) is 37.4. The summed E-state index contributed by atoms with van der Waals surface area (Å²) in [6, 6.07) is 0. The van der Waals surface area contributed by atoms with Crippen molar-refractivity contribution in [3.63, 3.8) is 0 Å². The van der Waals surface area contributed by atoms with Crippen LogP contribution in [0.2, 0.25) is 0 Å². The van der Waals surface area contributed by atoms with E-state index in [0.29, 0.717) is 24.8 Å². The van der Waals surface area contributed by atoms with Crippen LogP contribution in [0.25, 0.3) is 0 Å². The fourth-order valence-electron chi connectivity index (χ4n) is 4.66. The van der Waals surface area contributed by atoms with Gasteiger partial charge in [0.2, 0.25) is 5.91 Å². The van der Waals surface area contributed by atoms with Crippen LogP contribution >= 0.6 is 0 Å². The second-order valence-corrected chi connectivity index (χ2v) is 8.09. The van der Waals surface area contributed by atoms with E-state index in [9.17, 15) is 9.59 Å². The lowest BCUT2D eigenvalue weighted by atomic mass is 9.71. The number of hydrogen-bond donors (Lipinski definition) is 0. The molecule has 2 amide bonds. The first kappa shape index (κ1) is 18.3. The number of rotatable bonds is 2. The van der Waals surface area contributed by atoms with Crippen LogP contribution in [0.5, 0.6) is 0 Å². The quantitative estimate of drug-likeness (QED) is 0.791. The van der Waals surface area contributed by atoms with Crippen LogP contribution < -0.4 is 0 Å². The van der Waals surface area contributed by atoms with Gasteiger partial charge in [-0.3, -0.25) is 14.6 Å². The average molecular weight is 372 g/mol. The lowest BCUT2D eigenvalue weighted by Crippen LogP contribution is -2.50. The normalized spacial score (nSPS) is 23.4. The van der Waals surface area contributed by atoms with Gasteiger partial charge in [0.05, 0.1) is 6.20 Å². The third kappa shape index (κ3) is 3.98. The van der Waals surface area contributed by atoms with Crippen LogP contribution in [-0.4, -0.2) is 71.0 Å². The van der Waals surface area contributed by atoms with E-state index in [1.807, 2.05) is 4.90 Å². The standard InChI is InChI=1S/C20H28N4O3/c25-18(16-1-13-27-14-2-16)23-9-3-20(4-10-23)5-11-24(12-6-20)19(26)17-15-21-7-8-22-17/h7-8,15-16H,1-6,9-14H2. The molecule has 0 unspecified atom stereocenters. The molecule has 0 N–H and O–H groups in total. The van der Waals surface area contributed by atoms with Gasteiger partial charge in [0.1, 0.15) is 5.69 Å². The highest BCUT2D eigenvalue weighted by molar-refractivity contribution is 5.92. The molecule has 7 heteroatoms. The number of carbonyl (C=O) groups excluding carboxylic acids is 2. The maximum absolute atomic E-state index is 12.7. The molecule has 4 heterocycles. The summed E-state index contributed by atoms with van der Waals surface area (Å²) in [6.07, 6.45) is 10.5. The van der Waals surface area contributed by atoms with Gasteiger partial charge in [-0.05, 0) is 43.9 Å². The molecule has 3 aliphatic heterocycles. The maximum atomic E-state index is 12.7. The monoisotopic (exact) mass is 372 g/mol. The fraction of sp³-hybridized carbons (Fsp3) is 0.700. The van der Waals surface area contributed by atoms with Crippen LogP contribution in [0.3, 0.4) is 0 Å². The fourth-order valence-corrected chi connectivity index (χ4v) is 4.66. The number of ether oxygens (including phenoxy) is 1. The Kier molecular flexibility index (Phi) is 5.38. The molecule has 0 atom stereocenters. The molecule has 1 aromatic rings. The van der Waals surface area contributed by atoms with Crippen LogP contribution in [0.15, 0.2) is 18.6 Å². The summed E-state index contributed by atoms with van der Waals surface area (Å²) < 4.78 is 5.38. The molecule has 27 heavy (non-hydrogen) atoms. The van der Waals surface area contributed by atoms with Gasteiger partial charge in [-0.2, -0.15) is 0 Å². The highest BCUT2D eigenvalue weighted by Crippen LogP contribution is 2.41. The summed E-state index contributed by atoms with van der Waals surface area (Å²) in [6.45, 7) is 4.67. The molecule has 1 aromatic heterocycles. The van der Waals surface area contributed by atoms with Gasteiger partial charge in [0.15, 0.2) is 0 Å². The summed E-state index contributed by atoms with van der Waals surface area (Å²) in [5, 5.41) is 0. The number of amides is 2. The van der Waals surface area contributed by atoms with Crippen molar-refractivity contribution in [1.82, 2.24) is 19.8 Å². The topological polar surface area (TPSA) is 75.6 Å². The van der Waals surface area contributed by atoms with Crippen molar-refractivity contribution in [2.75, 3.05) is 39.4 Å². The number of carbonyl (C=O) groups is 2. The first-order valence-electron chi connectivity index (χ1n) is 10.1. The van der Waals surface area contributed by atoms with Gasteiger partial charge in [-0.1, -0.05) is 0 Å². The van der Waals surface area contributed by atoms with Crippen LogP contribution in [-0.2, 0) is 9.53 Å². The summed E-state index contributed by atoms with van der Waals surface area (Å²) in [5.41, 5.74) is 0.705. The Bertz CT molecular complexity index is 657. The Hall–Kier alpha value is -2.02. The molecular weight excluding hydrogens is 344 g/mol. The molecule has 0 saturated carbocycles. The van der Waals surface area contributed by atoms with E-state index in [1.54, 1.807) is 12.4 Å². The van der Waals surface area contributed by atoms with E-state index >= 15 is 0 Å². The molecular formula is C20H28N4O3. The molecule has 0 bridgehead atoms. The van der Waals surface area contributed by atoms with E-state index in [2.05, 4.69) is 14.9 Å². The molecule has 3 saturated heterocycles. The average Bonchev–Trinajstić information content (AvgIpc) is 2.75. The van der Waals surface area contributed by atoms with E-state index in [0.717, 1.165) is 64.7 Å². The first-order chi connectivity index (χ1) is 13.2. The summed E-state index contributed by atoms with van der Waals surface area (Å²) >= 11 is 0. The number of nitrogens with zero attached hydrogens (tertiary/aromatic N) is 4. The molecule has 7 nitrogen and oxygen atoms in total. The Balaban J connectivity index is 1.28. The first-order valence-corrected chi connectivity index (χ1v) is 10.1. The molecule has 1 spiro atoms. The maximum Gasteiger partial charge on any atom is 0.274 e. The lowest BCUT2D eigenvalue weighted by molar-refractivity contribution is -0.141. The summed E-state index contributed by atoms with van der Waals surface area (Å²) in [7, 11) is 0. The molecule has 0 aliphatic carbocycles. The molecule has 4 rings (SSSR count). The van der Waals surface area contributed by atoms with Gasteiger partial charge in [-0.25, -0.2) is 4.98 Å². The second-order valence-electron chi connectivity index (χ2n) is 8.09. The molecule has 0 radical (unpaired) electrons. The lowest BCUT2D eigenvalue weighted by Gasteiger charge is -2.47. The van der Waals surface area contributed by atoms with Crippen molar-refractivity contribution in [3.8, 4) is 0 Å². The van der Waals surface area contributed by atoms with Crippen molar-refractivity contribution in [2.24, 2.45) is 11.3 Å². The Labute approximate surface area is 160 Å². The van der Waals surface area contributed by atoms with Gasteiger partial charge < -0.3 is 14.5 Å². The molecule has 146 valence electrons. The Morgan fingerprint density at radius 3 is 2.19 bits per heavy atom. The minimum atomic E-state index is -0.0231. The van der Waals surface area contributed by atoms with E-state index < -0.39 is 0 Å². The number of aromatic nitrogens is 2. The Morgan fingerprint density at radius 2 is 1.59 bits per heavy atom. The van der Waals surface area contributed by atoms with Crippen LogP contribution in [0, 0.1) is 11.3 Å².